The predicted octanol–water partition coefficient (Wildman–Crippen LogP) is 2.04. The van der Waals surface area contributed by atoms with Gasteiger partial charge in [0.2, 0.25) is 5.91 Å². The third kappa shape index (κ3) is 5.06. The van der Waals surface area contributed by atoms with Crippen LogP contribution in [0.25, 0.3) is 0 Å². The van der Waals surface area contributed by atoms with Crippen molar-refractivity contribution in [1.29, 1.82) is 0 Å². The maximum Gasteiger partial charge on any atom is 0.251 e. The minimum atomic E-state index is -0.320. The number of likely N-dealkylation sites (N-methyl/N-ethyl adjacent to an activating group) is 1. The van der Waals surface area contributed by atoms with Crippen LogP contribution in [0.4, 0.5) is 0 Å². The molecule has 1 aliphatic rings. The van der Waals surface area contributed by atoms with E-state index in [0.29, 0.717) is 12.1 Å². The van der Waals surface area contributed by atoms with E-state index in [9.17, 15) is 14.7 Å². The molecule has 0 heterocycles. The van der Waals surface area contributed by atoms with Crippen molar-refractivity contribution in [3.63, 3.8) is 0 Å². The van der Waals surface area contributed by atoms with Gasteiger partial charge in [0.1, 0.15) is 0 Å². The lowest BCUT2D eigenvalue weighted by Gasteiger charge is -2.31. The first-order valence-electron chi connectivity index (χ1n) is 8.65. The van der Waals surface area contributed by atoms with Gasteiger partial charge in [-0.15, -0.1) is 0 Å². The van der Waals surface area contributed by atoms with Gasteiger partial charge in [-0.2, -0.15) is 0 Å². The van der Waals surface area contributed by atoms with Crippen LogP contribution in [0.15, 0.2) is 18.2 Å². The SMILES string of the molecule is Cc1cc(C)cc(C(=O)NCC(=O)N(C)CC2CCCCC2O)c1. The largest absolute Gasteiger partial charge is 0.393 e. The van der Waals surface area contributed by atoms with Crippen molar-refractivity contribution < 1.29 is 14.7 Å². The van der Waals surface area contributed by atoms with Crippen LogP contribution in [0.3, 0.4) is 0 Å². The Hall–Kier alpha value is -1.88. The molecule has 24 heavy (non-hydrogen) atoms. The van der Waals surface area contributed by atoms with E-state index in [2.05, 4.69) is 5.32 Å². The first-order valence-corrected chi connectivity index (χ1v) is 8.65. The average molecular weight is 332 g/mol. The summed E-state index contributed by atoms with van der Waals surface area (Å²) in [6.45, 7) is 4.40. The zero-order valence-corrected chi connectivity index (χ0v) is 14.8. The van der Waals surface area contributed by atoms with Crippen molar-refractivity contribution in [3.05, 3.63) is 34.9 Å². The molecular formula is C19H28N2O3. The fraction of sp³-hybridized carbons (Fsp3) is 0.579. The average Bonchev–Trinajstić information content (AvgIpc) is 2.53. The van der Waals surface area contributed by atoms with Gasteiger partial charge in [-0.1, -0.05) is 30.0 Å². The van der Waals surface area contributed by atoms with Crippen molar-refractivity contribution in [2.45, 2.75) is 45.6 Å². The summed E-state index contributed by atoms with van der Waals surface area (Å²) in [6, 6.07) is 5.63. The standard InChI is InChI=1S/C19H28N2O3/c1-13-8-14(2)10-16(9-13)19(24)20-11-18(23)21(3)12-15-6-4-5-7-17(15)22/h8-10,15,17,22H,4-7,11-12H2,1-3H3,(H,20,24). The second-order valence-electron chi connectivity index (χ2n) is 6.95. The highest BCUT2D eigenvalue weighted by molar-refractivity contribution is 5.96. The molecule has 2 amide bonds. The Labute approximate surface area is 144 Å². The summed E-state index contributed by atoms with van der Waals surface area (Å²) in [5.74, 6) is -0.227. The molecule has 0 bridgehead atoms. The molecule has 2 atom stereocenters. The Morgan fingerprint density at radius 3 is 2.42 bits per heavy atom. The van der Waals surface area contributed by atoms with Gasteiger partial charge < -0.3 is 15.3 Å². The molecule has 0 aromatic heterocycles. The van der Waals surface area contributed by atoms with Crippen molar-refractivity contribution in [2.75, 3.05) is 20.1 Å². The molecule has 1 aliphatic carbocycles. The lowest BCUT2D eigenvalue weighted by molar-refractivity contribution is -0.130. The topological polar surface area (TPSA) is 69.6 Å². The van der Waals surface area contributed by atoms with Crippen LogP contribution in [0.1, 0.15) is 47.2 Å². The molecule has 1 aromatic carbocycles. The molecule has 1 aromatic rings. The molecule has 5 heteroatoms. The Kier molecular flexibility index (Phi) is 6.37. The Morgan fingerprint density at radius 1 is 1.17 bits per heavy atom. The van der Waals surface area contributed by atoms with Crippen molar-refractivity contribution in [2.24, 2.45) is 5.92 Å². The van der Waals surface area contributed by atoms with Crippen LogP contribution in [-0.2, 0) is 4.79 Å². The van der Waals surface area contributed by atoms with Gasteiger partial charge in [0, 0.05) is 25.1 Å². The fourth-order valence-electron chi connectivity index (χ4n) is 3.35. The Bertz CT molecular complexity index is 580. The first-order chi connectivity index (χ1) is 11.4. The van der Waals surface area contributed by atoms with Gasteiger partial charge >= 0.3 is 0 Å². The van der Waals surface area contributed by atoms with Crippen LogP contribution in [0.5, 0.6) is 0 Å². The van der Waals surface area contributed by atoms with Gasteiger partial charge in [-0.25, -0.2) is 0 Å². The third-order valence-corrected chi connectivity index (χ3v) is 4.69. The number of rotatable bonds is 5. The zero-order chi connectivity index (χ0) is 17.7. The van der Waals surface area contributed by atoms with E-state index in [4.69, 9.17) is 0 Å². The van der Waals surface area contributed by atoms with Crippen molar-refractivity contribution in [1.82, 2.24) is 10.2 Å². The van der Waals surface area contributed by atoms with E-state index in [1.165, 1.54) is 0 Å². The molecule has 1 fully saturated rings. The molecule has 2 rings (SSSR count). The zero-order valence-electron chi connectivity index (χ0n) is 14.8. The molecule has 0 radical (unpaired) electrons. The van der Waals surface area contributed by atoms with Crippen LogP contribution < -0.4 is 5.32 Å². The van der Waals surface area contributed by atoms with Gasteiger partial charge in [0.15, 0.2) is 0 Å². The van der Waals surface area contributed by atoms with E-state index in [0.717, 1.165) is 36.8 Å². The van der Waals surface area contributed by atoms with Crippen molar-refractivity contribution >= 4 is 11.8 Å². The summed E-state index contributed by atoms with van der Waals surface area (Å²) >= 11 is 0. The lowest BCUT2D eigenvalue weighted by atomic mass is 9.86. The van der Waals surface area contributed by atoms with Gasteiger partial charge in [-0.05, 0) is 38.8 Å². The number of benzene rings is 1. The summed E-state index contributed by atoms with van der Waals surface area (Å²) in [7, 11) is 1.73. The number of hydrogen-bond donors (Lipinski definition) is 2. The number of nitrogens with one attached hydrogen (secondary N) is 1. The molecule has 1 saturated carbocycles. The Balaban J connectivity index is 1.84. The van der Waals surface area contributed by atoms with Crippen LogP contribution in [0, 0.1) is 19.8 Å². The normalized spacial score (nSPS) is 20.5. The monoisotopic (exact) mass is 332 g/mol. The quantitative estimate of drug-likeness (QED) is 0.867. The molecule has 0 spiro atoms. The highest BCUT2D eigenvalue weighted by Crippen LogP contribution is 2.24. The van der Waals surface area contributed by atoms with Crippen molar-refractivity contribution in [3.8, 4) is 0 Å². The molecule has 5 nitrogen and oxygen atoms in total. The number of amides is 2. The van der Waals surface area contributed by atoms with Crippen LogP contribution in [-0.4, -0.2) is 48.1 Å². The molecular weight excluding hydrogens is 304 g/mol. The van der Waals surface area contributed by atoms with Gasteiger partial charge in [0.25, 0.3) is 5.91 Å². The first kappa shape index (κ1) is 18.5. The van der Waals surface area contributed by atoms with E-state index in [1.54, 1.807) is 11.9 Å². The van der Waals surface area contributed by atoms with E-state index < -0.39 is 0 Å². The fourth-order valence-corrected chi connectivity index (χ4v) is 3.35. The minimum Gasteiger partial charge on any atom is -0.393 e. The third-order valence-electron chi connectivity index (χ3n) is 4.69. The minimum absolute atomic E-state index is 0.0227. The number of carbonyl (C=O) groups excluding carboxylic acids is 2. The van der Waals surface area contributed by atoms with Crippen LogP contribution in [0.2, 0.25) is 0 Å². The van der Waals surface area contributed by atoms with Gasteiger partial charge in [-0.3, -0.25) is 9.59 Å². The summed E-state index contributed by atoms with van der Waals surface area (Å²) in [6.07, 6.45) is 3.61. The lowest BCUT2D eigenvalue weighted by Crippen LogP contribution is -2.42. The maximum atomic E-state index is 12.2. The summed E-state index contributed by atoms with van der Waals surface area (Å²) < 4.78 is 0. The number of aryl methyl sites for hydroxylation is 2. The molecule has 2 unspecified atom stereocenters. The molecule has 0 aliphatic heterocycles. The second-order valence-corrected chi connectivity index (χ2v) is 6.95. The second kappa shape index (κ2) is 8.29. The van der Waals surface area contributed by atoms with Gasteiger partial charge in [0.05, 0.1) is 12.6 Å². The van der Waals surface area contributed by atoms with E-state index in [-0.39, 0.29) is 30.4 Å². The number of hydrogen-bond acceptors (Lipinski definition) is 3. The number of carbonyl (C=O) groups is 2. The summed E-state index contributed by atoms with van der Waals surface area (Å²) in [5, 5.41) is 12.7. The Morgan fingerprint density at radius 2 is 1.79 bits per heavy atom. The van der Waals surface area contributed by atoms with E-state index >= 15 is 0 Å². The smallest absolute Gasteiger partial charge is 0.251 e. The molecule has 2 N–H and O–H groups in total. The summed E-state index contributed by atoms with van der Waals surface area (Å²) in [5.41, 5.74) is 2.62. The summed E-state index contributed by atoms with van der Waals surface area (Å²) in [4.78, 5) is 26.0. The number of nitrogens with zero attached hydrogens (tertiary/aromatic N) is 1. The number of aliphatic hydroxyl groups is 1. The maximum absolute atomic E-state index is 12.2. The van der Waals surface area contributed by atoms with Crippen LogP contribution >= 0.6 is 0 Å². The number of aliphatic hydroxyl groups excluding tert-OH is 1. The molecule has 132 valence electrons. The predicted molar refractivity (Wildman–Crippen MR) is 93.9 cm³/mol. The molecule has 0 saturated heterocycles. The van der Waals surface area contributed by atoms with E-state index in [1.807, 2.05) is 32.0 Å². The highest BCUT2D eigenvalue weighted by atomic mass is 16.3. The highest BCUT2D eigenvalue weighted by Gasteiger charge is 2.25.